The summed E-state index contributed by atoms with van der Waals surface area (Å²) in [5.41, 5.74) is 2.32. The summed E-state index contributed by atoms with van der Waals surface area (Å²) >= 11 is 12.3. The number of nitro benzene ring substituents is 1. The maximum Gasteiger partial charge on any atom is 0.269 e. The lowest BCUT2D eigenvalue weighted by molar-refractivity contribution is -0.385. The molecule has 28 heavy (non-hydrogen) atoms. The Morgan fingerprint density at radius 2 is 1.61 bits per heavy atom. The highest BCUT2D eigenvalue weighted by Gasteiger charge is 2.22. The van der Waals surface area contributed by atoms with Crippen molar-refractivity contribution in [3.63, 3.8) is 0 Å². The van der Waals surface area contributed by atoms with Crippen LogP contribution < -0.4 is 9.64 Å². The van der Waals surface area contributed by atoms with Crippen LogP contribution in [0.5, 0.6) is 5.75 Å². The summed E-state index contributed by atoms with van der Waals surface area (Å²) in [5, 5.41) is 12.2. The average molecular weight is 417 g/mol. The number of halogens is 2. The number of ether oxygens (including phenoxy) is 1. The Balaban J connectivity index is 2.07. The molecule has 0 fully saturated rings. The predicted octanol–water partition coefficient (Wildman–Crippen LogP) is 6.14. The molecule has 0 aliphatic rings. The van der Waals surface area contributed by atoms with Crippen LogP contribution in [0.2, 0.25) is 10.0 Å². The molecule has 0 spiro atoms. The fraction of sp³-hybridized carbons (Fsp3) is 0.143. The molecule has 144 valence electrons. The Kier molecular flexibility index (Phi) is 6.07. The lowest BCUT2D eigenvalue weighted by Crippen LogP contribution is -2.12. The number of nitro groups is 1. The maximum absolute atomic E-state index is 11.2. The smallest absolute Gasteiger partial charge is 0.269 e. The Morgan fingerprint density at radius 3 is 2.18 bits per heavy atom. The zero-order valence-corrected chi connectivity index (χ0v) is 16.8. The van der Waals surface area contributed by atoms with Gasteiger partial charge in [-0.05, 0) is 48.0 Å². The molecule has 1 unspecified atom stereocenters. The number of anilines is 1. The molecule has 3 aromatic rings. The van der Waals surface area contributed by atoms with Crippen molar-refractivity contribution in [2.24, 2.45) is 0 Å². The topological polar surface area (TPSA) is 55.6 Å². The standard InChI is InChI=1S/C21H18Cl2N2O3/c1-24(2)16-7-3-14(4-8-16)21(28-18-10-5-15(22)6-11-18)19-13-17(25(26)27)9-12-20(19)23/h3-13,21H,1-2H3. The molecule has 0 radical (unpaired) electrons. The van der Waals surface area contributed by atoms with Crippen LogP contribution >= 0.6 is 23.2 Å². The SMILES string of the molecule is CN(C)c1ccc(C(Oc2ccc(Cl)cc2)c2cc([N+](=O)[O-])ccc2Cl)cc1. The molecule has 0 N–H and O–H groups in total. The second-order valence-corrected chi connectivity index (χ2v) is 7.24. The third kappa shape index (κ3) is 4.55. The zero-order chi connectivity index (χ0) is 20.3. The quantitative estimate of drug-likeness (QED) is 0.357. The van der Waals surface area contributed by atoms with Crippen LogP contribution in [-0.2, 0) is 0 Å². The van der Waals surface area contributed by atoms with Crippen LogP contribution in [0.3, 0.4) is 0 Å². The third-order valence-corrected chi connectivity index (χ3v) is 4.85. The van der Waals surface area contributed by atoms with Gasteiger partial charge in [0.2, 0.25) is 0 Å². The summed E-state index contributed by atoms with van der Waals surface area (Å²) in [6.07, 6.45) is -0.621. The predicted molar refractivity (Wildman–Crippen MR) is 113 cm³/mol. The molecule has 0 heterocycles. The monoisotopic (exact) mass is 416 g/mol. The van der Waals surface area contributed by atoms with Gasteiger partial charge < -0.3 is 9.64 Å². The molecule has 0 aliphatic carbocycles. The number of hydrogen-bond donors (Lipinski definition) is 0. The van der Waals surface area contributed by atoms with Crippen LogP contribution in [0.4, 0.5) is 11.4 Å². The van der Waals surface area contributed by atoms with Crippen LogP contribution in [0.25, 0.3) is 0 Å². The molecule has 3 aromatic carbocycles. The molecular weight excluding hydrogens is 399 g/mol. The van der Waals surface area contributed by atoms with Crippen molar-refractivity contribution < 1.29 is 9.66 Å². The highest BCUT2D eigenvalue weighted by atomic mass is 35.5. The van der Waals surface area contributed by atoms with E-state index in [4.69, 9.17) is 27.9 Å². The number of rotatable bonds is 6. The summed E-state index contributed by atoms with van der Waals surface area (Å²) in [6.45, 7) is 0. The molecule has 0 aromatic heterocycles. The second kappa shape index (κ2) is 8.50. The molecule has 0 saturated carbocycles. The first-order valence-electron chi connectivity index (χ1n) is 8.48. The Hall–Kier alpha value is -2.76. The fourth-order valence-electron chi connectivity index (χ4n) is 2.75. The lowest BCUT2D eigenvalue weighted by Gasteiger charge is -2.22. The van der Waals surface area contributed by atoms with Crippen molar-refractivity contribution >= 4 is 34.6 Å². The zero-order valence-electron chi connectivity index (χ0n) is 15.3. The largest absolute Gasteiger partial charge is 0.481 e. The number of hydrogen-bond acceptors (Lipinski definition) is 4. The highest BCUT2D eigenvalue weighted by Crippen LogP contribution is 2.35. The minimum absolute atomic E-state index is 0.0472. The van der Waals surface area contributed by atoms with E-state index >= 15 is 0 Å². The molecule has 0 aliphatic heterocycles. The average Bonchev–Trinajstić information content (AvgIpc) is 2.68. The van der Waals surface area contributed by atoms with Crippen molar-refractivity contribution in [2.75, 3.05) is 19.0 Å². The van der Waals surface area contributed by atoms with Crippen LogP contribution in [-0.4, -0.2) is 19.0 Å². The van der Waals surface area contributed by atoms with Crippen molar-refractivity contribution in [3.8, 4) is 5.75 Å². The van der Waals surface area contributed by atoms with Crippen LogP contribution in [0, 0.1) is 10.1 Å². The Labute approximate surface area is 173 Å². The summed E-state index contributed by atoms with van der Waals surface area (Å²) in [6, 6.07) is 19.0. The van der Waals surface area contributed by atoms with Gasteiger partial charge in [0.15, 0.2) is 6.10 Å². The molecule has 0 bridgehead atoms. The van der Waals surface area contributed by atoms with E-state index in [2.05, 4.69) is 0 Å². The lowest BCUT2D eigenvalue weighted by atomic mass is 10.00. The number of nitrogens with zero attached hydrogens (tertiary/aromatic N) is 2. The maximum atomic E-state index is 11.2. The molecule has 3 rings (SSSR count). The van der Waals surface area contributed by atoms with E-state index in [9.17, 15) is 10.1 Å². The van der Waals surface area contributed by atoms with Crippen molar-refractivity contribution in [1.82, 2.24) is 0 Å². The molecule has 1 atom stereocenters. The van der Waals surface area contributed by atoms with Gasteiger partial charge in [0.1, 0.15) is 5.75 Å². The minimum atomic E-state index is -0.621. The van der Waals surface area contributed by atoms with E-state index in [1.807, 2.05) is 43.3 Å². The summed E-state index contributed by atoms with van der Waals surface area (Å²) in [4.78, 5) is 12.8. The molecule has 5 nitrogen and oxygen atoms in total. The van der Waals surface area contributed by atoms with E-state index in [0.29, 0.717) is 21.4 Å². The first-order valence-corrected chi connectivity index (χ1v) is 9.24. The normalized spacial score (nSPS) is 11.7. The molecule has 0 amide bonds. The van der Waals surface area contributed by atoms with Gasteiger partial charge in [-0.25, -0.2) is 0 Å². The van der Waals surface area contributed by atoms with Gasteiger partial charge in [-0.3, -0.25) is 10.1 Å². The summed E-state index contributed by atoms with van der Waals surface area (Å²) in [7, 11) is 3.91. The van der Waals surface area contributed by atoms with Crippen molar-refractivity contribution in [1.29, 1.82) is 0 Å². The van der Waals surface area contributed by atoms with E-state index < -0.39 is 11.0 Å². The fourth-order valence-corrected chi connectivity index (χ4v) is 3.10. The highest BCUT2D eigenvalue weighted by molar-refractivity contribution is 6.31. The Bertz CT molecular complexity index is 974. The summed E-state index contributed by atoms with van der Waals surface area (Å²) < 4.78 is 6.18. The first-order chi connectivity index (χ1) is 13.3. The third-order valence-electron chi connectivity index (χ3n) is 4.25. The minimum Gasteiger partial charge on any atom is -0.481 e. The number of non-ortho nitro benzene ring substituents is 1. The van der Waals surface area contributed by atoms with Crippen molar-refractivity contribution in [3.05, 3.63) is 98.0 Å². The van der Waals surface area contributed by atoms with Gasteiger partial charge >= 0.3 is 0 Å². The van der Waals surface area contributed by atoms with E-state index in [1.54, 1.807) is 24.3 Å². The molecule has 0 saturated heterocycles. The van der Waals surface area contributed by atoms with Gasteiger partial charge in [-0.2, -0.15) is 0 Å². The van der Waals surface area contributed by atoms with Crippen LogP contribution in [0.1, 0.15) is 17.2 Å². The van der Waals surface area contributed by atoms with Gasteiger partial charge in [-0.15, -0.1) is 0 Å². The Morgan fingerprint density at radius 1 is 0.964 bits per heavy atom. The summed E-state index contributed by atoms with van der Waals surface area (Å²) in [5.74, 6) is 0.577. The number of benzene rings is 3. The van der Waals surface area contributed by atoms with Crippen molar-refractivity contribution in [2.45, 2.75) is 6.10 Å². The van der Waals surface area contributed by atoms with Crippen LogP contribution in [0.15, 0.2) is 66.7 Å². The van der Waals surface area contributed by atoms with Gasteiger partial charge in [0.25, 0.3) is 5.69 Å². The van der Waals surface area contributed by atoms with E-state index in [0.717, 1.165) is 11.3 Å². The van der Waals surface area contributed by atoms with Gasteiger partial charge in [0.05, 0.1) is 4.92 Å². The van der Waals surface area contributed by atoms with Gasteiger partial charge in [0, 0.05) is 47.5 Å². The van der Waals surface area contributed by atoms with E-state index in [-0.39, 0.29) is 5.69 Å². The molecule has 7 heteroatoms. The first kappa shape index (κ1) is 20.0. The second-order valence-electron chi connectivity index (χ2n) is 6.40. The van der Waals surface area contributed by atoms with Gasteiger partial charge in [-0.1, -0.05) is 35.3 Å². The molecular formula is C21H18Cl2N2O3. The van der Waals surface area contributed by atoms with E-state index in [1.165, 1.54) is 18.2 Å².